The van der Waals surface area contributed by atoms with Gasteiger partial charge in [-0.05, 0) is 17.7 Å². The molecule has 0 fully saturated rings. The number of carboxylic acid groups (broad SMARTS) is 1. The molecule has 0 saturated heterocycles. The normalized spacial score (nSPS) is 10.4. The summed E-state index contributed by atoms with van der Waals surface area (Å²) >= 11 is 0. The molecule has 0 spiro atoms. The minimum absolute atomic E-state index is 0.0831. The van der Waals surface area contributed by atoms with Crippen LogP contribution < -0.4 is 5.73 Å². The minimum atomic E-state index is -1.12. The summed E-state index contributed by atoms with van der Waals surface area (Å²) in [6.07, 6.45) is 3.32. The molecule has 2 rings (SSSR count). The van der Waals surface area contributed by atoms with E-state index in [-0.39, 0.29) is 12.2 Å². The van der Waals surface area contributed by atoms with Crippen LogP contribution in [0, 0.1) is 0 Å². The predicted octanol–water partition coefficient (Wildman–Crippen LogP) is -0.122. The Bertz CT molecular complexity index is 523. The highest BCUT2D eigenvalue weighted by Crippen LogP contribution is 2.07. The monoisotopic (exact) mass is 233 g/mol. The molecular weight excluding hydrogens is 222 g/mol. The maximum Gasteiger partial charge on any atom is 0.358 e. The van der Waals surface area contributed by atoms with Crippen molar-refractivity contribution >= 4 is 5.97 Å². The second kappa shape index (κ2) is 4.71. The molecule has 17 heavy (non-hydrogen) atoms. The van der Waals surface area contributed by atoms with E-state index in [1.807, 2.05) is 12.1 Å². The van der Waals surface area contributed by atoms with Crippen molar-refractivity contribution < 1.29 is 9.90 Å². The molecule has 0 aliphatic carbocycles. The van der Waals surface area contributed by atoms with Crippen molar-refractivity contribution in [1.29, 1.82) is 0 Å². The first-order chi connectivity index (χ1) is 8.22. The van der Waals surface area contributed by atoms with Crippen LogP contribution in [-0.4, -0.2) is 31.1 Å². The van der Waals surface area contributed by atoms with Gasteiger partial charge in [0.1, 0.15) is 0 Å². The van der Waals surface area contributed by atoms with Crippen molar-refractivity contribution in [2.75, 3.05) is 0 Å². The van der Waals surface area contributed by atoms with Crippen LogP contribution in [0.15, 0.2) is 24.5 Å². The lowest BCUT2D eigenvalue weighted by Gasteiger charge is -2.04. The maximum absolute atomic E-state index is 10.9. The predicted molar refractivity (Wildman–Crippen MR) is 58.2 cm³/mol. The third-order valence-electron chi connectivity index (χ3n) is 2.32. The molecule has 2 heterocycles. The van der Waals surface area contributed by atoms with Crippen molar-refractivity contribution in [3.8, 4) is 0 Å². The average molecular weight is 233 g/mol. The summed E-state index contributed by atoms with van der Waals surface area (Å²) in [6, 6.07) is 3.64. The molecule has 3 N–H and O–H groups in total. The Balaban J connectivity index is 2.31. The second-order valence-electron chi connectivity index (χ2n) is 3.41. The van der Waals surface area contributed by atoms with E-state index in [1.54, 1.807) is 12.4 Å². The number of carbonyl (C=O) groups is 1. The van der Waals surface area contributed by atoms with Crippen LogP contribution in [0.25, 0.3) is 0 Å². The van der Waals surface area contributed by atoms with Gasteiger partial charge >= 0.3 is 5.97 Å². The van der Waals surface area contributed by atoms with Crippen molar-refractivity contribution in [2.45, 2.75) is 13.1 Å². The first-order valence-corrected chi connectivity index (χ1v) is 4.97. The molecule has 0 aromatic carbocycles. The van der Waals surface area contributed by atoms with Gasteiger partial charge in [0, 0.05) is 18.9 Å². The molecule has 0 atom stereocenters. The molecule has 0 bridgehead atoms. The topological polar surface area (TPSA) is 107 Å². The zero-order valence-electron chi connectivity index (χ0n) is 8.95. The van der Waals surface area contributed by atoms with Crippen molar-refractivity contribution in [3.05, 3.63) is 41.5 Å². The summed E-state index contributed by atoms with van der Waals surface area (Å²) in [4.78, 5) is 14.8. The van der Waals surface area contributed by atoms with Gasteiger partial charge in [0.15, 0.2) is 5.69 Å². The third-order valence-corrected chi connectivity index (χ3v) is 2.32. The van der Waals surface area contributed by atoms with Gasteiger partial charge in [-0.1, -0.05) is 5.21 Å². The van der Waals surface area contributed by atoms with E-state index in [2.05, 4.69) is 15.3 Å². The van der Waals surface area contributed by atoms with Crippen LogP contribution in [-0.2, 0) is 13.1 Å². The standard InChI is InChI=1S/C10H11N5O2/c11-5-8-9(10(16)17)13-14-15(8)6-7-1-3-12-4-2-7/h1-4H,5-6,11H2,(H,16,17). The van der Waals surface area contributed by atoms with E-state index < -0.39 is 5.97 Å². The van der Waals surface area contributed by atoms with E-state index in [4.69, 9.17) is 10.8 Å². The molecule has 7 nitrogen and oxygen atoms in total. The Morgan fingerprint density at radius 3 is 2.71 bits per heavy atom. The van der Waals surface area contributed by atoms with Crippen molar-refractivity contribution in [1.82, 2.24) is 20.0 Å². The van der Waals surface area contributed by atoms with Crippen LogP contribution in [0.3, 0.4) is 0 Å². The van der Waals surface area contributed by atoms with Crippen LogP contribution in [0.5, 0.6) is 0 Å². The van der Waals surface area contributed by atoms with Gasteiger partial charge in [-0.2, -0.15) is 0 Å². The highest BCUT2D eigenvalue weighted by atomic mass is 16.4. The quantitative estimate of drug-likeness (QED) is 0.762. The van der Waals surface area contributed by atoms with Crippen LogP contribution in [0.1, 0.15) is 21.7 Å². The van der Waals surface area contributed by atoms with Gasteiger partial charge < -0.3 is 10.8 Å². The lowest BCUT2D eigenvalue weighted by Crippen LogP contribution is -2.13. The number of rotatable bonds is 4. The van der Waals surface area contributed by atoms with E-state index in [0.29, 0.717) is 12.2 Å². The molecule has 7 heteroatoms. The molecule has 0 unspecified atom stereocenters. The van der Waals surface area contributed by atoms with Crippen LogP contribution >= 0.6 is 0 Å². The lowest BCUT2D eigenvalue weighted by atomic mass is 10.2. The van der Waals surface area contributed by atoms with Gasteiger partial charge in [-0.25, -0.2) is 9.48 Å². The number of carboxylic acids is 1. The van der Waals surface area contributed by atoms with Crippen LogP contribution in [0.4, 0.5) is 0 Å². The second-order valence-corrected chi connectivity index (χ2v) is 3.41. The first-order valence-electron chi connectivity index (χ1n) is 4.97. The smallest absolute Gasteiger partial charge is 0.358 e. The van der Waals surface area contributed by atoms with Crippen LogP contribution in [0.2, 0.25) is 0 Å². The van der Waals surface area contributed by atoms with E-state index in [0.717, 1.165) is 5.56 Å². The zero-order chi connectivity index (χ0) is 12.3. The summed E-state index contributed by atoms with van der Waals surface area (Å²) in [5.41, 5.74) is 6.78. The number of nitrogens with two attached hydrogens (primary N) is 1. The molecule has 0 radical (unpaired) electrons. The van der Waals surface area contributed by atoms with Gasteiger partial charge in [0.2, 0.25) is 0 Å². The highest BCUT2D eigenvalue weighted by molar-refractivity contribution is 5.86. The number of aromatic carboxylic acids is 1. The lowest BCUT2D eigenvalue weighted by molar-refractivity contribution is 0.0689. The molecule has 2 aromatic heterocycles. The minimum Gasteiger partial charge on any atom is -0.476 e. The summed E-state index contributed by atoms with van der Waals surface area (Å²) in [6.45, 7) is 0.509. The first kappa shape index (κ1) is 11.2. The van der Waals surface area contributed by atoms with Gasteiger partial charge in [0.05, 0.1) is 12.2 Å². The summed E-state index contributed by atoms with van der Waals surface area (Å²) in [5, 5.41) is 16.3. The number of hydrogen-bond acceptors (Lipinski definition) is 5. The summed E-state index contributed by atoms with van der Waals surface area (Å²) in [7, 11) is 0. The van der Waals surface area contributed by atoms with Crippen molar-refractivity contribution in [3.63, 3.8) is 0 Å². The fraction of sp³-hybridized carbons (Fsp3) is 0.200. The Hall–Kier alpha value is -2.28. The maximum atomic E-state index is 10.9. The fourth-order valence-corrected chi connectivity index (χ4v) is 1.49. The molecule has 88 valence electrons. The zero-order valence-corrected chi connectivity index (χ0v) is 8.95. The van der Waals surface area contributed by atoms with Crippen molar-refractivity contribution in [2.24, 2.45) is 5.73 Å². The average Bonchev–Trinajstić information content (AvgIpc) is 2.73. The SMILES string of the molecule is NCc1c(C(=O)O)nnn1Cc1ccncc1. The van der Waals surface area contributed by atoms with E-state index >= 15 is 0 Å². The molecule has 0 saturated carbocycles. The Morgan fingerprint density at radius 2 is 2.12 bits per heavy atom. The molecule has 0 amide bonds. The Labute approximate surface area is 96.9 Å². The molecule has 0 aliphatic rings. The fourth-order valence-electron chi connectivity index (χ4n) is 1.49. The number of aromatic nitrogens is 4. The molecule has 0 aliphatic heterocycles. The van der Waals surface area contributed by atoms with Gasteiger partial charge in [-0.3, -0.25) is 4.98 Å². The summed E-state index contributed by atoms with van der Waals surface area (Å²) in [5.74, 6) is -1.12. The van der Waals surface area contributed by atoms with E-state index in [9.17, 15) is 4.79 Å². The number of hydrogen-bond donors (Lipinski definition) is 2. The van der Waals surface area contributed by atoms with Gasteiger partial charge in [-0.15, -0.1) is 5.10 Å². The largest absolute Gasteiger partial charge is 0.476 e. The number of pyridine rings is 1. The third kappa shape index (κ3) is 2.28. The molecule has 2 aromatic rings. The highest BCUT2D eigenvalue weighted by Gasteiger charge is 2.17. The van der Waals surface area contributed by atoms with Gasteiger partial charge in [0.25, 0.3) is 0 Å². The Morgan fingerprint density at radius 1 is 1.41 bits per heavy atom. The van der Waals surface area contributed by atoms with E-state index in [1.165, 1.54) is 4.68 Å². The Kier molecular flexibility index (Phi) is 3.10. The molecular formula is C10H11N5O2. The summed E-state index contributed by atoms with van der Waals surface area (Å²) < 4.78 is 1.48. The number of nitrogens with zero attached hydrogens (tertiary/aromatic N) is 4.